The third-order valence-corrected chi connectivity index (χ3v) is 7.80. The van der Waals surface area contributed by atoms with E-state index < -0.39 is 23.6 Å². The van der Waals surface area contributed by atoms with Crippen molar-refractivity contribution in [3.05, 3.63) is 115 Å². The van der Waals surface area contributed by atoms with Crippen LogP contribution in [0.4, 0.5) is 0 Å². The van der Waals surface area contributed by atoms with Gasteiger partial charge < -0.3 is 0 Å². The summed E-state index contributed by atoms with van der Waals surface area (Å²) in [7, 11) is 0. The third-order valence-electron chi connectivity index (χ3n) is 6.54. The number of amides is 4. The minimum atomic E-state index is -0.481. The van der Waals surface area contributed by atoms with Gasteiger partial charge in [0.1, 0.15) is 0 Å². The first kappa shape index (κ1) is 22.8. The summed E-state index contributed by atoms with van der Waals surface area (Å²) < 4.78 is 0.793. The van der Waals surface area contributed by atoms with Crippen molar-refractivity contribution < 1.29 is 19.2 Å². The molecular weight excluding hydrogens is 588 g/mol. The van der Waals surface area contributed by atoms with Crippen molar-refractivity contribution in [2.75, 3.05) is 0 Å². The highest BCUT2D eigenvalue weighted by molar-refractivity contribution is 9.11. The molecule has 8 heteroatoms. The molecule has 6 nitrogen and oxygen atoms in total. The molecule has 0 saturated heterocycles. The average molecular weight is 604 g/mol. The number of rotatable bonds is 4. The second-order valence-corrected chi connectivity index (χ2v) is 10.4. The number of hydrogen-bond acceptors (Lipinski definition) is 4. The first-order valence-electron chi connectivity index (χ1n) is 11.2. The van der Waals surface area contributed by atoms with Crippen LogP contribution in [0.5, 0.6) is 0 Å². The highest BCUT2D eigenvalue weighted by atomic mass is 79.9. The normalized spacial score (nSPS) is 14.7. The van der Waals surface area contributed by atoms with Crippen LogP contribution in [0, 0.1) is 0 Å². The standard InChI is InChI=1S/C28H16Br2N2O4/c29-19-11-17-21-18(26(34)31(25(17)33)13-15-7-3-1-4-8-15)12-20(30)23-24(21)22(19)27(35)32(28(23)36)14-16-9-5-2-6-10-16/h1-12H,13-14H2. The Kier molecular flexibility index (Phi) is 5.39. The van der Waals surface area contributed by atoms with E-state index in [1.165, 1.54) is 9.80 Å². The Hall–Kier alpha value is -3.62. The first-order valence-corrected chi connectivity index (χ1v) is 12.7. The number of benzene rings is 4. The molecule has 0 atom stereocenters. The molecule has 0 aromatic heterocycles. The molecule has 36 heavy (non-hydrogen) atoms. The zero-order valence-corrected chi connectivity index (χ0v) is 21.8. The quantitative estimate of drug-likeness (QED) is 0.270. The summed E-state index contributed by atoms with van der Waals surface area (Å²) in [5.74, 6) is -1.90. The summed E-state index contributed by atoms with van der Waals surface area (Å²) in [6, 6.07) is 21.7. The van der Waals surface area contributed by atoms with Crippen LogP contribution >= 0.6 is 31.9 Å². The maximum atomic E-state index is 13.6. The van der Waals surface area contributed by atoms with Gasteiger partial charge in [-0.05, 0) is 55.1 Å². The van der Waals surface area contributed by atoms with Gasteiger partial charge in [0.15, 0.2) is 0 Å². The summed E-state index contributed by atoms with van der Waals surface area (Å²) in [6.45, 7) is 0.214. The minimum absolute atomic E-state index is 0.102. The van der Waals surface area contributed by atoms with E-state index in [0.717, 1.165) is 11.1 Å². The van der Waals surface area contributed by atoms with Gasteiger partial charge in [-0.2, -0.15) is 0 Å². The fourth-order valence-electron chi connectivity index (χ4n) is 4.89. The number of hydrogen-bond donors (Lipinski definition) is 0. The van der Waals surface area contributed by atoms with Gasteiger partial charge in [0.2, 0.25) is 0 Å². The van der Waals surface area contributed by atoms with Crippen molar-refractivity contribution in [3.8, 4) is 0 Å². The Morgan fingerprint density at radius 1 is 0.528 bits per heavy atom. The second kappa shape index (κ2) is 8.50. The highest BCUT2D eigenvalue weighted by Crippen LogP contribution is 2.44. The minimum Gasteiger partial charge on any atom is -0.270 e. The maximum absolute atomic E-state index is 13.6. The van der Waals surface area contributed by atoms with E-state index in [9.17, 15) is 19.2 Å². The number of nitrogens with zero attached hydrogens (tertiary/aromatic N) is 2. The van der Waals surface area contributed by atoms with Gasteiger partial charge in [0.25, 0.3) is 23.6 Å². The van der Waals surface area contributed by atoms with Gasteiger partial charge in [-0.1, -0.05) is 60.7 Å². The Morgan fingerprint density at radius 2 is 0.917 bits per heavy atom. The Balaban J connectivity index is 1.54. The second-order valence-electron chi connectivity index (χ2n) is 8.68. The summed E-state index contributed by atoms with van der Waals surface area (Å²) in [5, 5.41) is 0.663. The molecule has 0 fully saturated rings. The van der Waals surface area contributed by atoms with Crippen LogP contribution in [-0.2, 0) is 13.1 Å². The summed E-state index contributed by atoms with van der Waals surface area (Å²) in [6.07, 6.45) is 0. The number of carbonyl (C=O) groups excluding carboxylic acids is 4. The van der Waals surface area contributed by atoms with E-state index in [-0.39, 0.29) is 35.3 Å². The molecule has 4 aromatic rings. The largest absolute Gasteiger partial charge is 0.270 e. The predicted octanol–water partition coefficient (Wildman–Crippen LogP) is 5.96. The summed E-state index contributed by atoms with van der Waals surface area (Å²) >= 11 is 6.97. The lowest BCUT2D eigenvalue weighted by Crippen LogP contribution is -2.43. The fraction of sp³-hybridized carbons (Fsp3) is 0.0714. The molecule has 0 radical (unpaired) electrons. The van der Waals surface area contributed by atoms with E-state index in [0.29, 0.717) is 19.7 Å². The van der Waals surface area contributed by atoms with Gasteiger partial charge >= 0.3 is 0 Å². The van der Waals surface area contributed by atoms with Gasteiger partial charge in [-0.25, -0.2) is 0 Å². The van der Waals surface area contributed by atoms with Crippen molar-refractivity contribution in [2.45, 2.75) is 13.1 Å². The zero-order chi connectivity index (χ0) is 25.1. The van der Waals surface area contributed by atoms with Gasteiger partial charge in [0.05, 0.1) is 24.2 Å². The molecule has 0 N–H and O–H groups in total. The number of halogens is 2. The van der Waals surface area contributed by atoms with Crippen molar-refractivity contribution in [1.82, 2.24) is 9.80 Å². The van der Waals surface area contributed by atoms with E-state index >= 15 is 0 Å². The third kappa shape index (κ3) is 3.36. The van der Waals surface area contributed by atoms with Crippen LogP contribution in [0.25, 0.3) is 10.8 Å². The summed E-state index contributed by atoms with van der Waals surface area (Å²) in [4.78, 5) is 56.7. The van der Waals surface area contributed by atoms with Gasteiger partial charge in [0, 0.05) is 30.8 Å². The van der Waals surface area contributed by atoms with Crippen molar-refractivity contribution in [3.63, 3.8) is 0 Å². The predicted molar refractivity (Wildman–Crippen MR) is 141 cm³/mol. The highest BCUT2D eigenvalue weighted by Gasteiger charge is 2.42. The van der Waals surface area contributed by atoms with Crippen molar-refractivity contribution in [2.24, 2.45) is 0 Å². The van der Waals surface area contributed by atoms with Crippen molar-refractivity contribution >= 4 is 66.3 Å². The number of imide groups is 2. The molecule has 4 amide bonds. The van der Waals surface area contributed by atoms with Crippen LogP contribution in [-0.4, -0.2) is 33.4 Å². The lowest BCUT2D eigenvalue weighted by atomic mass is 9.85. The van der Waals surface area contributed by atoms with E-state index in [1.54, 1.807) is 12.1 Å². The monoisotopic (exact) mass is 602 g/mol. The SMILES string of the molecule is O=C1c2cc(Br)c3c4c(c(Br)cc(c24)C(=O)N1Cc1ccccc1)C(=O)N(Cc1ccccc1)C3=O. The molecule has 0 spiro atoms. The molecule has 2 aliphatic rings. The number of carbonyl (C=O) groups is 4. The van der Waals surface area contributed by atoms with Crippen LogP contribution < -0.4 is 0 Å². The maximum Gasteiger partial charge on any atom is 0.262 e. The van der Waals surface area contributed by atoms with Crippen LogP contribution in [0.15, 0.2) is 81.7 Å². The first-order chi connectivity index (χ1) is 17.4. The topological polar surface area (TPSA) is 74.8 Å². The Bertz CT molecular complexity index is 1560. The molecule has 176 valence electrons. The molecule has 2 heterocycles. The molecular formula is C28H16Br2N2O4. The van der Waals surface area contributed by atoms with Crippen molar-refractivity contribution in [1.29, 1.82) is 0 Å². The molecule has 0 bridgehead atoms. The lowest BCUT2D eigenvalue weighted by Gasteiger charge is -2.33. The van der Waals surface area contributed by atoms with E-state index in [1.807, 2.05) is 60.7 Å². The molecule has 2 aliphatic heterocycles. The van der Waals surface area contributed by atoms with E-state index in [2.05, 4.69) is 31.9 Å². The van der Waals surface area contributed by atoms with Crippen LogP contribution in [0.3, 0.4) is 0 Å². The molecule has 0 aliphatic carbocycles. The van der Waals surface area contributed by atoms with E-state index in [4.69, 9.17) is 0 Å². The Labute approximate surface area is 222 Å². The van der Waals surface area contributed by atoms with Crippen LogP contribution in [0.1, 0.15) is 52.6 Å². The van der Waals surface area contributed by atoms with Gasteiger partial charge in [-0.3, -0.25) is 29.0 Å². The molecule has 6 rings (SSSR count). The smallest absolute Gasteiger partial charge is 0.262 e. The van der Waals surface area contributed by atoms with Crippen LogP contribution in [0.2, 0.25) is 0 Å². The average Bonchev–Trinajstić information content (AvgIpc) is 2.88. The summed E-state index contributed by atoms with van der Waals surface area (Å²) in [5.41, 5.74) is 2.70. The molecule has 0 saturated carbocycles. The van der Waals surface area contributed by atoms with Gasteiger partial charge in [-0.15, -0.1) is 0 Å². The zero-order valence-electron chi connectivity index (χ0n) is 18.6. The molecule has 4 aromatic carbocycles. The Morgan fingerprint density at radius 3 is 1.33 bits per heavy atom. The molecule has 0 unspecified atom stereocenters. The fourth-order valence-corrected chi connectivity index (χ4v) is 6.08. The lowest BCUT2D eigenvalue weighted by molar-refractivity contribution is 0.0576.